The predicted octanol–water partition coefficient (Wildman–Crippen LogP) is 0.637. The summed E-state index contributed by atoms with van der Waals surface area (Å²) in [5.74, 6) is 0.00885. The molecule has 8 heteroatoms. The van der Waals surface area contributed by atoms with Crippen LogP contribution in [-0.2, 0) is 0 Å². The van der Waals surface area contributed by atoms with Gasteiger partial charge in [0.05, 0.1) is 18.4 Å². The van der Waals surface area contributed by atoms with E-state index in [1.165, 1.54) is 0 Å². The fourth-order valence-corrected chi connectivity index (χ4v) is 2.69. The van der Waals surface area contributed by atoms with Gasteiger partial charge in [0.1, 0.15) is 11.0 Å². The van der Waals surface area contributed by atoms with Crippen LogP contribution in [0.5, 0.6) is 0 Å². The van der Waals surface area contributed by atoms with E-state index in [1.54, 1.807) is 35.4 Å². The zero-order valence-electron chi connectivity index (χ0n) is 11.2. The van der Waals surface area contributed by atoms with Gasteiger partial charge in [-0.2, -0.15) is 30.4 Å². The van der Waals surface area contributed by atoms with Gasteiger partial charge in [0, 0.05) is 18.7 Å². The average molecular weight is 283 g/mol. The van der Waals surface area contributed by atoms with Crippen molar-refractivity contribution in [3.8, 4) is 0 Å². The highest BCUT2D eigenvalue weighted by atomic mass is 16.2. The largest absolute Gasteiger partial charge is 0.336 e. The van der Waals surface area contributed by atoms with Crippen LogP contribution in [0.15, 0.2) is 30.6 Å². The van der Waals surface area contributed by atoms with E-state index in [-0.39, 0.29) is 11.9 Å². The van der Waals surface area contributed by atoms with Crippen molar-refractivity contribution in [1.82, 2.24) is 35.3 Å². The van der Waals surface area contributed by atoms with Crippen LogP contribution in [0.25, 0.3) is 11.0 Å². The molecule has 1 aromatic carbocycles. The van der Waals surface area contributed by atoms with Crippen molar-refractivity contribution in [3.63, 3.8) is 0 Å². The summed E-state index contributed by atoms with van der Waals surface area (Å²) in [6.45, 7) is 1.34. The molecule has 0 radical (unpaired) electrons. The summed E-state index contributed by atoms with van der Waals surface area (Å²) >= 11 is 0. The summed E-state index contributed by atoms with van der Waals surface area (Å²) in [6, 6.07) is 5.50. The maximum absolute atomic E-state index is 12.5. The number of H-pyrrole nitrogens is 1. The number of hydrogen-bond acceptors (Lipinski definition) is 5. The monoisotopic (exact) mass is 283 g/mol. The van der Waals surface area contributed by atoms with Crippen molar-refractivity contribution in [2.75, 3.05) is 13.1 Å². The van der Waals surface area contributed by atoms with Gasteiger partial charge in [-0.25, -0.2) is 0 Å². The minimum atomic E-state index is 0.00885. The van der Waals surface area contributed by atoms with Gasteiger partial charge in [-0.3, -0.25) is 4.79 Å². The van der Waals surface area contributed by atoms with E-state index in [0.717, 1.165) is 11.9 Å². The minimum Gasteiger partial charge on any atom is -0.336 e. The molecule has 0 spiro atoms. The molecule has 0 aliphatic carbocycles. The van der Waals surface area contributed by atoms with Gasteiger partial charge in [-0.1, -0.05) is 0 Å². The number of nitrogens with zero attached hydrogens (tertiary/aromatic N) is 6. The van der Waals surface area contributed by atoms with Crippen molar-refractivity contribution < 1.29 is 4.79 Å². The summed E-state index contributed by atoms with van der Waals surface area (Å²) in [4.78, 5) is 16.0. The molecule has 0 saturated carbocycles. The lowest BCUT2D eigenvalue weighted by Gasteiger charge is -2.16. The van der Waals surface area contributed by atoms with Crippen molar-refractivity contribution in [2.24, 2.45) is 0 Å². The van der Waals surface area contributed by atoms with E-state index < -0.39 is 0 Å². The van der Waals surface area contributed by atoms with Gasteiger partial charge in [-0.05, 0) is 24.6 Å². The zero-order chi connectivity index (χ0) is 14.2. The number of aromatic amines is 1. The Morgan fingerprint density at radius 2 is 2.00 bits per heavy atom. The molecule has 4 rings (SSSR count). The highest BCUT2D eigenvalue weighted by Crippen LogP contribution is 2.22. The van der Waals surface area contributed by atoms with Crippen molar-refractivity contribution in [2.45, 2.75) is 12.5 Å². The molecule has 1 saturated heterocycles. The molecule has 21 heavy (non-hydrogen) atoms. The molecule has 0 bridgehead atoms. The Bertz CT molecular complexity index is 779. The molecular weight excluding hydrogens is 270 g/mol. The van der Waals surface area contributed by atoms with Gasteiger partial charge < -0.3 is 4.90 Å². The number of fused-ring (bicyclic) bond motifs is 1. The van der Waals surface area contributed by atoms with Crippen LogP contribution in [0, 0.1) is 0 Å². The van der Waals surface area contributed by atoms with E-state index in [1.807, 2.05) is 4.90 Å². The number of hydrogen-bond donors (Lipinski definition) is 1. The van der Waals surface area contributed by atoms with E-state index >= 15 is 0 Å². The normalized spacial score (nSPS) is 18.5. The van der Waals surface area contributed by atoms with E-state index in [2.05, 4.69) is 25.6 Å². The Hall–Kier alpha value is -2.77. The number of benzene rings is 1. The number of carbonyl (C=O) groups is 1. The molecule has 1 aliphatic rings. The van der Waals surface area contributed by atoms with E-state index in [0.29, 0.717) is 24.2 Å². The second kappa shape index (κ2) is 4.65. The third-order valence-electron chi connectivity index (χ3n) is 3.78. The van der Waals surface area contributed by atoms with Gasteiger partial charge in [0.2, 0.25) is 0 Å². The molecule has 1 N–H and O–H groups in total. The molecule has 1 unspecified atom stereocenters. The predicted molar refractivity (Wildman–Crippen MR) is 73.5 cm³/mol. The molecule has 8 nitrogen and oxygen atoms in total. The van der Waals surface area contributed by atoms with Crippen LogP contribution in [0.2, 0.25) is 0 Å². The molecule has 3 aromatic rings. The standard InChI is InChI=1S/C13H13N7O/c21-13(9-1-2-11-12(7-9)17-18-16-11)19-6-3-10(8-19)20-14-4-5-15-20/h1-2,4-5,7,10H,3,6,8H2,(H,16,17,18). The Morgan fingerprint density at radius 3 is 2.86 bits per heavy atom. The zero-order valence-corrected chi connectivity index (χ0v) is 11.2. The quantitative estimate of drug-likeness (QED) is 0.745. The summed E-state index contributed by atoms with van der Waals surface area (Å²) < 4.78 is 0. The average Bonchev–Trinajstić information content (AvgIpc) is 3.24. The molecule has 1 amide bonds. The maximum atomic E-state index is 12.5. The fraction of sp³-hybridized carbons (Fsp3) is 0.308. The van der Waals surface area contributed by atoms with Crippen LogP contribution in [-0.4, -0.2) is 54.3 Å². The Kier molecular flexibility index (Phi) is 2.66. The molecule has 106 valence electrons. The Balaban J connectivity index is 1.55. The minimum absolute atomic E-state index is 0.00885. The molecule has 3 heterocycles. The summed E-state index contributed by atoms with van der Waals surface area (Å²) in [5.41, 5.74) is 2.09. The maximum Gasteiger partial charge on any atom is 0.254 e. The number of rotatable bonds is 2. The first-order valence-corrected chi connectivity index (χ1v) is 6.77. The summed E-state index contributed by atoms with van der Waals surface area (Å²) in [5, 5.41) is 18.8. The molecular formula is C13H13N7O. The van der Waals surface area contributed by atoms with Crippen molar-refractivity contribution >= 4 is 16.9 Å². The summed E-state index contributed by atoms with van der Waals surface area (Å²) in [7, 11) is 0. The molecule has 1 fully saturated rings. The lowest BCUT2D eigenvalue weighted by Crippen LogP contribution is -2.29. The molecule has 2 aromatic heterocycles. The summed E-state index contributed by atoms with van der Waals surface area (Å²) in [6.07, 6.45) is 4.18. The lowest BCUT2D eigenvalue weighted by molar-refractivity contribution is 0.0786. The van der Waals surface area contributed by atoms with E-state index in [9.17, 15) is 4.79 Å². The smallest absolute Gasteiger partial charge is 0.254 e. The van der Waals surface area contributed by atoms with Crippen molar-refractivity contribution in [3.05, 3.63) is 36.2 Å². The number of likely N-dealkylation sites (tertiary alicyclic amines) is 1. The Morgan fingerprint density at radius 1 is 1.19 bits per heavy atom. The lowest BCUT2D eigenvalue weighted by atomic mass is 10.2. The van der Waals surface area contributed by atoms with Crippen LogP contribution < -0.4 is 0 Å². The first-order valence-electron chi connectivity index (χ1n) is 6.77. The van der Waals surface area contributed by atoms with Crippen molar-refractivity contribution in [1.29, 1.82) is 0 Å². The first kappa shape index (κ1) is 12.0. The first-order chi connectivity index (χ1) is 10.3. The third kappa shape index (κ3) is 2.04. The third-order valence-corrected chi connectivity index (χ3v) is 3.78. The molecule has 1 atom stereocenters. The van der Waals surface area contributed by atoms with Gasteiger partial charge >= 0.3 is 0 Å². The SMILES string of the molecule is O=C(c1ccc2n[nH]nc2c1)N1CCC(n2nccn2)C1. The van der Waals surface area contributed by atoms with Crippen LogP contribution in [0.1, 0.15) is 22.8 Å². The Labute approximate surface area is 119 Å². The second-order valence-corrected chi connectivity index (χ2v) is 5.07. The van der Waals surface area contributed by atoms with Crippen LogP contribution >= 0.6 is 0 Å². The van der Waals surface area contributed by atoms with Gasteiger partial charge in [-0.15, -0.1) is 0 Å². The topological polar surface area (TPSA) is 92.6 Å². The number of carbonyl (C=O) groups excluding carboxylic acids is 1. The van der Waals surface area contributed by atoms with Gasteiger partial charge in [0.25, 0.3) is 5.91 Å². The number of amides is 1. The highest BCUT2D eigenvalue weighted by Gasteiger charge is 2.29. The van der Waals surface area contributed by atoms with Crippen LogP contribution in [0.3, 0.4) is 0 Å². The second-order valence-electron chi connectivity index (χ2n) is 5.07. The molecule has 1 aliphatic heterocycles. The fourth-order valence-electron chi connectivity index (χ4n) is 2.69. The van der Waals surface area contributed by atoms with Gasteiger partial charge in [0.15, 0.2) is 0 Å². The van der Waals surface area contributed by atoms with Crippen LogP contribution in [0.4, 0.5) is 0 Å². The highest BCUT2D eigenvalue weighted by molar-refractivity contribution is 5.97. The van der Waals surface area contributed by atoms with E-state index in [4.69, 9.17) is 0 Å². The number of aromatic nitrogens is 6. The number of nitrogens with one attached hydrogen (secondary N) is 1.